The molecule has 7 heteroatoms. The van der Waals surface area contributed by atoms with Gasteiger partial charge in [-0.3, -0.25) is 4.79 Å². The Morgan fingerprint density at radius 1 is 0.865 bits per heavy atom. The molecule has 4 fully saturated rings. The molecule has 278 valence electrons. The molecular formula is C45H60N2O4Si. The number of ether oxygens (including phenoxy) is 2. The van der Waals surface area contributed by atoms with Crippen LogP contribution in [0.5, 0.6) is 11.5 Å². The first-order valence-electron chi connectivity index (χ1n) is 19.8. The summed E-state index contributed by atoms with van der Waals surface area (Å²) >= 11 is 0. The van der Waals surface area contributed by atoms with Crippen molar-refractivity contribution in [3.63, 3.8) is 0 Å². The lowest BCUT2D eigenvalue weighted by molar-refractivity contribution is -0.0622. The third-order valence-electron chi connectivity index (χ3n) is 12.9. The molecule has 4 aromatic rings. The van der Waals surface area contributed by atoms with Crippen LogP contribution in [0.3, 0.4) is 0 Å². The van der Waals surface area contributed by atoms with Crippen LogP contribution in [-0.2, 0) is 17.5 Å². The van der Waals surface area contributed by atoms with Crippen LogP contribution in [0, 0.1) is 23.2 Å². The molecule has 0 amide bonds. The molecule has 52 heavy (non-hydrogen) atoms. The van der Waals surface area contributed by atoms with E-state index < -0.39 is 8.32 Å². The van der Waals surface area contributed by atoms with Crippen molar-refractivity contribution in [2.45, 2.75) is 116 Å². The van der Waals surface area contributed by atoms with E-state index in [0.29, 0.717) is 29.8 Å². The van der Waals surface area contributed by atoms with Crippen molar-refractivity contribution >= 4 is 19.2 Å². The number of hydrogen-bond donors (Lipinski definition) is 2. The molecule has 4 saturated carbocycles. The molecule has 4 aliphatic carbocycles. The Labute approximate surface area is 312 Å². The number of nitrogens with one attached hydrogen (secondary N) is 2. The third-order valence-corrected chi connectivity index (χ3v) is 17.4. The van der Waals surface area contributed by atoms with Crippen molar-refractivity contribution in [2.75, 3.05) is 13.2 Å². The molecule has 0 saturated heterocycles. The van der Waals surface area contributed by atoms with Crippen LogP contribution in [0.15, 0.2) is 83.7 Å². The Kier molecular flexibility index (Phi) is 10.8. The molecule has 2 N–H and O–H groups in total. The first-order chi connectivity index (χ1) is 24.8. The highest BCUT2D eigenvalue weighted by Gasteiger charge is 2.50. The summed E-state index contributed by atoms with van der Waals surface area (Å²) in [6.45, 7) is 15.6. The van der Waals surface area contributed by atoms with Crippen LogP contribution in [0.2, 0.25) is 18.1 Å². The maximum absolute atomic E-state index is 12.6. The van der Waals surface area contributed by atoms with E-state index in [0.717, 1.165) is 53.0 Å². The van der Waals surface area contributed by atoms with Crippen LogP contribution >= 0.6 is 0 Å². The highest BCUT2D eigenvalue weighted by molar-refractivity contribution is 6.74. The Balaban J connectivity index is 1.03. The molecule has 0 unspecified atom stereocenters. The smallest absolute Gasteiger partial charge is 0.248 e. The van der Waals surface area contributed by atoms with E-state index in [1.807, 2.05) is 42.5 Å². The minimum Gasteiger partial charge on any atom is -0.494 e. The van der Waals surface area contributed by atoms with Gasteiger partial charge in [-0.05, 0) is 141 Å². The molecule has 8 rings (SSSR count). The van der Waals surface area contributed by atoms with Gasteiger partial charge in [0.05, 0.1) is 18.2 Å². The molecule has 2 atom stereocenters. The average molecular weight is 721 g/mol. The summed E-state index contributed by atoms with van der Waals surface area (Å²) in [5.74, 6) is 4.60. The monoisotopic (exact) mass is 720 g/mol. The average Bonchev–Trinajstić information content (AvgIpc) is 3.08. The molecule has 4 bridgehead atoms. The van der Waals surface area contributed by atoms with Gasteiger partial charge in [0.1, 0.15) is 18.1 Å². The van der Waals surface area contributed by atoms with Gasteiger partial charge in [-0.2, -0.15) is 0 Å². The third kappa shape index (κ3) is 8.53. The number of fused-ring (bicyclic) bond motifs is 1. The molecule has 3 aromatic carbocycles. The summed E-state index contributed by atoms with van der Waals surface area (Å²) in [6.07, 6.45) is 10.7. The summed E-state index contributed by atoms with van der Waals surface area (Å²) in [5.41, 5.74) is 4.50. The zero-order valence-corrected chi connectivity index (χ0v) is 33.3. The second kappa shape index (κ2) is 15.2. The number of aromatic nitrogens is 1. The molecule has 4 aliphatic rings. The fourth-order valence-corrected chi connectivity index (χ4v) is 10.9. The molecule has 0 radical (unpaired) electrons. The van der Waals surface area contributed by atoms with Crippen LogP contribution in [0.4, 0.5) is 0 Å². The maximum Gasteiger partial charge on any atom is 0.248 e. The molecule has 6 nitrogen and oxygen atoms in total. The van der Waals surface area contributed by atoms with Gasteiger partial charge < -0.3 is 24.2 Å². The Bertz CT molecular complexity index is 1840. The fraction of sp³-hybridized carbons (Fsp3) is 0.533. The number of benzene rings is 3. The molecule has 1 heterocycles. The largest absolute Gasteiger partial charge is 0.494 e. The Morgan fingerprint density at radius 3 is 2.25 bits per heavy atom. The number of hydrogen-bond acceptors (Lipinski definition) is 5. The normalized spacial score (nSPS) is 23.8. The number of pyridine rings is 1. The SMILES string of the molecule is C[C@H](Cc1cccc(OCCC23CC4CC(CC(C4)C2)C3)c1)NC[C@H](O[Si](C)(C)C(C)(C)C)c1ccc(OCc2ccccc2)c2[nH]c(=O)ccc12. The highest BCUT2D eigenvalue weighted by Crippen LogP contribution is 2.61. The summed E-state index contributed by atoms with van der Waals surface area (Å²) in [7, 11) is -2.17. The van der Waals surface area contributed by atoms with Gasteiger partial charge in [-0.1, -0.05) is 69.3 Å². The maximum atomic E-state index is 12.6. The predicted molar refractivity (Wildman–Crippen MR) is 215 cm³/mol. The molecule has 0 aliphatic heterocycles. The van der Waals surface area contributed by atoms with Crippen LogP contribution in [0.1, 0.15) is 95.4 Å². The zero-order chi connectivity index (χ0) is 36.5. The standard InChI is InChI=1S/C45H60N2O4Si/c1-31(21-33-13-10-14-37(25-33)49-20-19-45-26-34-22-35(27-45)24-36(23-34)28-45)46-29-41(51-52(5,6)44(2,3)4)38-15-17-40(43-39(38)16-18-42(48)47-43)50-30-32-11-8-7-9-12-32/h7-18,25,31,34-36,41,46H,19-24,26-30H2,1-6H3,(H,47,48)/t31-,34?,35?,36?,41+,45?/m1/s1. The number of aromatic amines is 1. The van der Waals surface area contributed by atoms with E-state index in [4.69, 9.17) is 13.9 Å². The van der Waals surface area contributed by atoms with E-state index in [-0.39, 0.29) is 22.7 Å². The van der Waals surface area contributed by atoms with Crippen molar-refractivity contribution in [1.82, 2.24) is 10.3 Å². The van der Waals surface area contributed by atoms with Crippen molar-refractivity contribution in [1.29, 1.82) is 0 Å². The second-order valence-corrected chi connectivity index (χ2v) is 22.8. The van der Waals surface area contributed by atoms with E-state index in [1.165, 1.54) is 50.5 Å². The quantitative estimate of drug-likeness (QED) is 0.120. The second-order valence-electron chi connectivity index (χ2n) is 18.1. The van der Waals surface area contributed by atoms with E-state index in [2.05, 4.69) is 81.4 Å². The van der Waals surface area contributed by atoms with Crippen molar-refractivity contribution in [2.24, 2.45) is 23.2 Å². The first-order valence-corrected chi connectivity index (χ1v) is 22.7. The Hall–Kier alpha value is -3.39. The van der Waals surface area contributed by atoms with Gasteiger partial charge in [0.25, 0.3) is 0 Å². The van der Waals surface area contributed by atoms with Gasteiger partial charge in [-0.25, -0.2) is 0 Å². The van der Waals surface area contributed by atoms with Gasteiger partial charge >= 0.3 is 0 Å². The van der Waals surface area contributed by atoms with E-state index in [1.54, 1.807) is 6.07 Å². The summed E-state index contributed by atoms with van der Waals surface area (Å²) in [6, 6.07) is 26.6. The van der Waals surface area contributed by atoms with E-state index >= 15 is 0 Å². The highest BCUT2D eigenvalue weighted by atomic mass is 28.4. The predicted octanol–water partition coefficient (Wildman–Crippen LogP) is 10.4. The van der Waals surface area contributed by atoms with Crippen molar-refractivity contribution in [3.05, 3.63) is 106 Å². The lowest BCUT2D eigenvalue weighted by Gasteiger charge is -2.57. The van der Waals surface area contributed by atoms with Gasteiger partial charge in [0.2, 0.25) is 5.56 Å². The summed E-state index contributed by atoms with van der Waals surface area (Å²) in [5, 5.41) is 4.81. The fourth-order valence-electron chi connectivity index (χ4n) is 9.61. The van der Waals surface area contributed by atoms with Crippen molar-refractivity contribution < 1.29 is 13.9 Å². The van der Waals surface area contributed by atoms with Crippen LogP contribution in [0.25, 0.3) is 10.9 Å². The lowest BCUT2D eigenvalue weighted by atomic mass is 9.49. The van der Waals surface area contributed by atoms with Crippen LogP contribution < -0.4 is 20.3 Å². The number of rotatable bonds is 15. The van der Waals surface area contributed by atoms with Gasteiger partial charge in [-0.15, -0.1) is 0 Å². The summed E-state index contributed by atoms with van der Waals surface area (Å²) < 4.78 is 19.9. The Morgan fingerprint density at radius 2 is 1.56 bits per heavy atom. The zero-order valence-electron chi connectivity index (χ0n) is 32.3. The van der Waals surface area contributed by atoms with Crippen LogP contribution in [-0.4, -0.2) is 32.5 Å². The topological polar surface area (TPSA) is 72.6 Å². The molecular weight excluding hydrogens is 661 g/mol. The minimum atomic E-state index is -2.17. The molecule has 0 spiro atoms. The number of H-pyrrole nitrogens is 1. The minimum absolute atomic E-state index is 0.0375. The first kappa shape index (κ1) is 36.9. The van der Waals surface area contributed by atoms with E-state index in [9.17, 15) is 4.79 Å². The van der Waals surface area contributed by atoms with Gasteiger partial charge in [0, 0.05) is 24.0 Å². The summed E-state index contributed by atoms with van der Waals surface area (Å²) in [4.78, 5) is 15.7. The lowest BCUT2D eigenvalue weighted by Crippen LogP contribution is -2.46. The van der Waals surface area contributed by atoms with Crippen molar-refractivity contribution in [3.8, 4) is 11.5 Å². The molecule has 1 aromatic heterocycles. The van der Waals surface area contributed by atoms with Gasteiger partial charge in [0.15, 0.2) is 8.32 Å².